The Bertz CT molecular complexity index is 948. The molecule has 2 aliphatic rings. The Kier molecular flexibility index (Phi) is 5.06. The molecule has 1 N–H and O–H groups in total. The van der Waals surface area contributed by atoms with Crippen molar-refractivity contribution in [1.82, 2.24) is 29.8 Å². The normalized spacial score (nSPS) is 19.8. The number of amides is 1. The van der Waals surface area contributed by atoms with E-state index < -0.39 is 0 Å². The van der Waals surface area contributed by atoms with Crippen LogP contribution in [0.1, 0.15) is 37.3 Å². The number of likely N-dealkylation sites (tertiary alicyclic amines) is 2. The van der Waals surface area contributed by atoms with E-state index in [1.807, 2.05) is 12.3 Å². The lowest BCUT2D eigenvalue weighted by atomic mass is 9.93. The van der Waals surface area contributed by atoms with Gasteiger partial charge in [0.2, 0.25) is 5.91 Å². The Morgan fingerprint density at radius 3 is 2.52 bits per heavy atom. The third-order valence-corrected chi connectivity index (χ3v) is 6.53. The number of hydrogen-bond acceptors (Lipinski definition) is 4. The molecule has 0 aliphatic carbocycles. The van der Waals surface area contributed by atoms with E-state index in [9.17, 15) is 4.79 Å². The van der Waals surface area contributed by atoms with Gasteiger partial charge in [0.05, 0.1) is 23.3 Å². The number of para-hydroxylation sites is 2. The zero-order chi connectivity index (χ0) is 19.6. The van der Waals surface area contributed by atoms with Crippen molar-refractivity contribution < 1.29 is 4.79 Å². The zero-order valence-electron chi connectivity index (χ0n) is 16.7. The fraction of sp³-hybridized carbons (Fsp3) is 0.500. The Hall–Kier alpha value is -2.67. The number of aromatic amines is 1. The molecule has 2 saturated heterocycles. The minimum absolute atomic E-state index is 0.182. The van der Waals surface area contributed by atoms with Crippen molar-refractivity contribution in [2.24, 2.45) is 5.92 Å². The summed E-state index contributed by atoms with van der Waals surface area (Å²) in [6.45, 7) is 4.58. The summed E-state index contributed by atoms with van der Waals surface area (Å²) in [5.74, 6) is 0.548. The van der Waals surface area contributed by atoms with Crippen LogP contribution < -0.4 is 0 Å². The number of H-pyrrole nitrogens is 1. The lowest BCUT2D eigenvalue weighted by Crippen LogP contribution is -2.45. The first-order chi connectivity index (χ1) is 14.3. The van der Waals surface area contributed by atoms with E-state index in [0.29, 0.717) is 11.9 Å². The highest BCUT2D eigenvalue weighted by molar-refractivity contribution is 5.79. The third kappa shape index (κ3) is 3.79. The van der Waals surface area contributed by atoms with E-state index in [4.69, 9.17) is 0 Å². The fourth-order valence-corrected chi connectivity index (χ4v) is 4.81. The van der Waals surface area contributed by atoms with Crippen LogP contribution in [-0.2, 0) is 11.3 Å². The zero-order valence-corrected chi connectivity index (χ0v) is 16.7. The molecule has 0 atom stereocenters. The minimum atomic E-state index is 0.182. The number of benzene rings is 1. The van der Waals surface area contributed by atoms with Crippen molar-refractivity contribution in [2.75, 3.05) is 26.2 Å². The second-order valence-electron chi connectivity index (χ2n) is 8.36. The van der Waals surface area contributed by atoms with Crippen molar-refractivity contribution in [3.63, 3.8) is 0 Å². The first-order valence-electron chi connectivity index (χ1n) is 10.7. The maximum absolute atomic E-state index is 13.0. The number of nitrogens with zero attached hydrogens (tertiary/aromatic N) is 5. The van der Waals surface area contributed by atoms with Gasteiger partial charge in [-0.2, -0.15) is 10.2 Å². The predicted octanol–water partition coefficient (Wildman–Crippen LogP) is 2.84. The summed E-state index contributed by atoms with van der Waals surface area (Å²) in [5, 5.41) is 11.2. The highest BCUT2D eigenvalue weighted by Crippen LogP contribution is 2.29. The van der Waals surface area contributed by atoms with Gasteiger partial charge in [0.25, 0.3) is 0 Å². The molecule has 0 spiro atoms. The van der Waals surface area contributed by atoms with Gasteiger partial charge in [-0.15, -0.1) is 0 Å². The van der Waals surface area contributed by atoms with Crippen LogP contribution >= 0.6 is 0 Å². The summed E-state index contributed by atoms with van der Waals surface area (Å²) in [6.07, 6.45) is 7.54. The van der Waals surface area contributed by atoms with Crippen LogP contribution in [0.4, 0.5) is 0 Å². The molecule has 29 heavy (non-hydrogen) atoms. The Balaban J connectivity index is 1.11. The molecule has 2 aromatic heterocycles. The predicted molar refractivity (Wildman–Crippen MR) is 111 cm³/mol. The monoisotopic (exact) mass is 392 g/mol. The number of piperidine rings is 2. The first kappa shape index (κ1) is 18.4. The topological polar surface area (TPSA) is 70.1 Å². The van der Waals surface area contributed by atoms with Crippen molar-refractivity contribution in [3.8, 4) is 0 Å². The minimum Gasteiger partial charge on any atom is -0.342 e. The summed E-state index contributed by atoms with van der Waals surface area (Å²) >= 11 is 0. The van der Waals surface area contributed by atoms with E-state index in [0.717, 1.165) is 58.4 Å². The van der Waals surface area contributed by atoms with Gasteiger partial charge >= 0.3 is 0 Å². The smallest absolute Gasteiger partial charge is 0.225 e. The summed E-state index contributed by atoms with van der Waals surface area (Å²) < 4.78 is 2.28. The molecule has 7 heteroatoms. The molecular formula is C22H28N6O. The van der Waals surface area contributed by atoms with Gasteiger partial charge in [-0.25, -0.2) is 0 Å². The molecule has 2 fully saturated rings. The van der Waals surface area contributed by atoms with E-state index in [1.54, 1.807) is 6.20 Å². The maximum atomic E-state index is 13.0. The summed E-state index contributed by atoms with van der Waals surface area (Å²) in [5.41, 5.74) is 3.68. The van der Waals surface area contributed by atoms with E-state index in [1.165, 1.54) is 16.6 Å². The average molecular weight is 393 g/mol. The summed E-state index contributed by atoms with van der Waals surface area (Å²) in [7, 11) is 0. The van der Waals surface area contributed by atoms with Crippen molar-refractivity contribution in [1.29, 1.82) is 0 Å². The SMILES string of the molecule is O=C(C1CCN(Cc2ccnnc2)CC1)N1CCC(n2[nH]c3ccccc32)CC1. The molecule has 0 bridgehead atoms. The van der Waals surface area contributed by atoms with E-state index in [-0.39, 0.29) is 5.92 Å². The van der Waals surface area contributed by atoms with E-state index in [2.05, 4.69) is 54.0 Å². The van der Waals surface area contributed by atoms with Crippen LogP contribution in [0.2, 0.25) is 0 Å². The molecule has 1 amide bonds. The largest absolute Gasteiger partial charge is 0.342 e. The van der Waals surface area contributed by atoms with Gasteiger partial charge in [0.15, 0.2) is 0 Å². The highest BCUT2D eigenvalue weighted by atomic mass is 16.2. The van der Waals surface area contributed by atoms with Gasteiger partial charge in [-0.1, -0.05) is 12.1 Å². The Labute approximate surface area is 170 Å². The third-order valence-electron chi connectivity index (χ3n) is 6.53. The number of carbonyl (C=O) groups excluding carboxylic acids is 1. The molecule has 5 rings (SSSR count). The quantitative estimate of drug-likeness (QED) is 0.741. The van der Waals surface area contributed by atoms with Gasteiger partial charge in [-0.3, -0.25) is 19.5 Å². The van der Waals surface area contributed by atoms with Crippen molar-refractivity contribution in [3.05, 3.63) is 48.3 Å². The molecule has 152 valence electrons. The van der Waals surface area contributed by atoms with Crippen molar-refractivity contribution in [2.45, 2.75) is 38.3 Å². The molecule has 0 radical (unpaired) electrons. The van der Waals surface area contributed by atoms with Crippen LogP contribution in [0, 0.1) is 5.92 Å². The van der Waals surface area contributed by atoms with Gasteiger partial charge < -0.3 is 4.90 Å². The fourth-order valence-electron chi connectivity index (χ4n) is 4.81. The Morgan fingerprint density at radius 2 is 1.79 bits per heavy atom. The molecule has 2 aliphatic heterocycles. The van der Waals surface area contributed by atoms with Crippen LogP contribution in [-0.4, -0.2) is 61.9 Å². The highest BCUT2D eigenvalue weighted by Gasteiger charge is 2.31. The Morgan fingerprint density at radius 1 is 1.00 bits per heavy atom. The van der Waals surface area contributed by atoms with Crippen LogP contribution in [0.15, 0.2) is 42.7 Å². The van der Waals surface area contributed by atoms with Crippen LogP contribution in [0.3, 0.4) is 0 Å². The molecule has 1 aromatic carbocycles. The lowest BCUT2D eigenvalue weighted by Gasteiger charge is -2.38. The molecule has 0 unspecified atom stereocenters. The number of hydrogen-bond donors (Lipinski definition) is 1. The standard InChI is InChI=1S/C22H28N6O/c29-22(18-6-11-26(12-7-18)16-17-5-10-23-24-15-17)27-13-8-19(9-14-27)28-21-4-2-1-3-20(21)25-28/h1-5,10,15,18-19,25H,6-9,11-14,16H2. The second kappa shape index (κ2) is 7.99. The lowest BCUT2D eigenvalue weighted by molar-refractivity contribution is -0.138. The first-order valence-corrected chi connectivity index (χ1v) is 10.7. The molecule has 7 nitrogen and oxygen atoms in total. The van der Waals surface area contributed by atoms with Gasteiger partial charge in [-0.05, 0) is 62.5 Å². The number of aromatic nitrogens is 4. The summed E-state index contributed by atoms with van der Waals surface area (Å²) in [6, 6.07) is 10.9. The van der Waals surface area contributed by atoms with Crippen LogP contribution in [0.25, 0.3) is 11.0 Å². The number of carbonyl (C=O) groups is 1. The molecule has 3 aromatic rings. The molecular weight excluding hydrogens is 364 g/mol. The number of fused-ring (bicyclic) bond motifs is 1. The van der Waals surface area contributed by atoms with Crippen LogP contribution in [0.5, 0.6) is 0 Å². The van der Waals surface area contributed by atoms with E-state index >= 15 is 0 Å². The second-order valence-corrected chi connectivity index (χ2v) is 8.36. The molecule has 0 saturated carbocycles. The number of rotatable bonds is 4. The summed E-state index contributed by atoms with van der Waals surface area (Å²) in [4.78, 5) is 17.6. The number of nitrogens with one attached hydrogen (secondary N) is 1. The average Bonchev–Trinajstić information content (AvgIpc) is 2.76. The maximum Gasteiger partial charge on any atom is 0.225 e. The molecule has 4 heterocycles. The van der Waals surface area contributed by atoms with Gasteiger partial charge in [0.1, 0.15) is 0 Å². The van der Waals surface area contributed by atoms with Crippen molar-refractivity contribution >= 4 is 16.9 Å². The van der Waals surface area contributed by atoms with Gasteiger partial charge in [0, 0.05) is 31.7 Å².